The predicted octanol–water partition coefficient (Wildman–Crippen LogP) is 3.75. The lowest BCUT2D eigenvalue weighted by atomic mass is 10.2. The van der Waals surface area contributed by atoms with Crippen molar-refractivity contribution in [2.45, 2.75) is 0 Å². The summed E-state index contributed by atoms with van der Waals surface area (Å²) in [4.78, 5) is 4.14. The van der Waals surface area contributed by atoms with Crippen LogP contribution in [0.2, 0.25) is 0 Å². The maximum atomic E-state index is 13.7. The lowest BCUT2D eigenvalue weighted by Gasteiger charge is -2.10. The number of pyridine rings is 1. The normalized spacial score (nSPS) is 10.6. The fourth-order valence-electron chi connectivity index (χ4n) is 1.90. The molecule has 0 bridgehead atoms. The van der Waals surface area contributed by atoms with Crippen molar-refractivity contribution in [3.8, 4) is 11.6 Å². The molecule has 0 atom stereocenters. The molecule has 0 aliphatic carbocycles. The second kappa shape index (κ2) is 4.57. The van der Waals surface area contributed by atoms with Crippen LogP contribution < -0.4 is 10.5 Å². The molecule has 0 saturated carbocycles. The summed E-state index contributed by atoms with van der Waals surface area (Å²) >= 11 is 0. The van der Waals surface area contributed by atoms with E-state index >= 15 is 0 Å². The van der Waals surface area contributed by atoms with E-state index in [0.717, 1.165) is 10.8 Å². The van der Waals surface area contributed by atoms with Crippen molar-refractivity contribution in [1.29, 1.82) is 0 Å². The molecule has 2 aromatic carbocycles. The topological polar surface area (TPSA) is 48.1 Å². The van der Waals surface area contributed by atoms with Crippen LogP contribution in [-0.4, -0.2) is 4.98 Å². The van der Waals surface area contributed by atoms with Crippen LogP contribution in [0.5, 0.6) is 11.6 Å². The summed E-state index contributed by atoms with van der Waals surface area (Å²) in [5, 5.41) is 1.79. The Morgan fingerprint density at radius 2 is 1.84 bits per heavy atom. The summed E-state index contributed by atoms with van der Waals surface area (Å²) in [6, 6.07) is 13.9. The van der Waals surface area contributed by atoms with Crippen LogP contribution in [0, 0.1) is 5.82 Å². The van der Waals surface area contributed by atoms with E-state index in [0.29, 0.717) is 5.88 Å². The Morgan fingerprint density at radius 1 is 1.00 bits per heavy atom. The Bertz CT molecular complexity index is 718. The van der Waals surface area contributed by atoms with Gasteiger partial charge in [-0.05, 0) is 29.7 Å². The smallest absolute Gasteiger partial charge is 0.227 e. The number of rotatable bonds is 2. The molecule has 1 aromatic heterocycles. The average molecular weight is 254 g/mol. The molecule has 0 unspecified atom stereocenters. The van der Waals surface area contributed by atoms with Crippen molar-refractivity contribution >= 4 is 16.5 Å². The number of ether oxygens (including phenoxy) is 1. The second-order valence-electron chi connectivity index (χ2n) is 4.10. The van der Waals surface area contributed by atoms with E-state index in [9.17, 15) is 4.39 Å². The highest BCUT2D eigenvalue weighted by Gasteiger charge is 2.11. The van der Waals surface area contributed by atoms with Crippen molar-refractivity contribution in [3.63, 3.8) is 0 Å². The number of anilines is 1. The van der Waals surface area contributed by atoms with E-state index < -0.39 is 5.82 Å². The van der Waals surface area contributed by atoms with Crippen LogP contribution in [0.15, 0.2) is 54.7 Å². The average Bonchev–Trinajstić information content (AvgIpc) is 2.43. The van der Waals surface area contributed by atoms with Crippen molar-refractivity contribution < 1.29 is 9.13 Å². The maximum absolute atomic E-state index is 13.7. The minimum atomic E-state index is -0.505. The summed E-state index contributed by atoms with van der Waals surface area (Å²) < 4.78 is 19.2. The Kier molecular flexibility index (Phi) is 2.76. The number of fused-ring (bicyclic) bond motifs is 1. The van der Waals surface area contributed by atoms with Crippen LogP contribution in [0.25, 0.3) is 10.8 Å². The Labute approximate surface area is 109 Å². The molecule has 4 heteroatoms. The van der Waals surface area contributed by atoms with Crippen LogP contribution >= 0.6 is 0 Å². The zero-order chi connectivity index (χ0) is 13.2. The molecule has 0 saturated heterocycles. The number of para-hydroxylation sites is 1. The van der Waals surface area contributed by atoms with E-state index in [1.165, 1.54) is 12.1 Å². The molecular formula is C15H11FN2O. The van der Waals surface area contributed by atoms with Gasteiger partial charge in [0.05, 0.1) is 5.69 Å². The van der Waals surface area contributed by atoms with Crippen LogP contribution in [0.4, 0.5) is 10.1 Å². The van der Waals surface area contributed by atoms with Crippen molar-refractivity contribution in [3.05, 3.63) is 60.5 Å². The molecule has 0 amide bonds. The molecule has 0 spiro atoms. The molecule has 3 rings (SSSR count). The molecule has 2 N–H and O–H groups in total. The van der Waals surface area contributed by atoms with Gasteiger partial charge in [-0.25, -0.2) is 9.37 Å². The minimum absolute atomic E-state index is 0.00588. The van der Waals surface area contributed by atoms with E-state index in [4.69, 9.17) is 10.5 Å². The number of nitrogens with two attached hydrogens (primary N) is 1. The predicted molar refractivity (Wildman–Crippen MR) is 72.6 cm³/mol. The Hall–Kier alpha value is -2.62. The molecule has 0 radical (unpaired) electrons. The van der Waals surface area contributed by atoms with E-state index in [1.807, 2.05) is 30.3 Å². The van der Waals surface area contributed by atoms with Crippen LogP contribution in [0.3, 0.4) is 0 Å². The molecule has 0 aliphatic rings. The number of hydrogen-bond acceptors (Lipinski definition) is 3. The largest absolute Gasteiger partial charge is 0.433 e. The molecule has 1 heterocycles. The van der Waals surface area contributed by atoms with Gasteiger partial charge >= 0.3 is 0 Å². The zero-order valence-corrected chi connectivity index (χ0v) is 10.0. The first kappa shape index (κ1) is 11.5. The quantitative estimate of drug-likeness (QED) is 0.708. The van der Waals surface area contributed by atoms with E-state index in [-0.39, 0.29) is 11.4 Å². The third-order valence-electron chi connectivity index (χ3n) is 2.83. The summed E-state index contributed by atoms with van der Waals surface area (Å²) in [6.07, 6.45) is 1.62. The first-order chi connectivity index (χ1) is 9.25. The number of nitrogen functional groups attached to an aromatic ring is 1. The van der Waals surface area contributed by atoms with Crippen LogP contribution in [0.1, 0.15) is 0 Å². The molecule has 0 aliphatic heterocycles. The first-order valence-corrected chi connectivity index (χ1v) is 5.81. The monoisotopic (exact) mass is 254 g/mol. The summed E-state index contributed by atoms with van der Waals surface area (Å²) in [6.45, 7) is 0. The molecule has 19 heavy (non-hydrogen) atoms. The van der Waals surface area contributed by atoms with Gasteiger partial charge in [0.2, 0.25) is 5.88 Å². The number of aromatic nitrogens is 1. The van der Waals surface area contributed by atoms with Gasteiger partial charge in [-0.15, -0.1) is 0 Å². The molecule has 94 valence electrons. The Balaban J connectivity index is 2.11. The summed E-state index contributed by atoms with van der Waals surface area (Å²) in [5.41, 5.74) is 5.97. The molecule has 3 aromatic rings. The molecular weight excluding hydrogens is 243 g/mol. The SMILES string of the molecule is Nc1cccc(F)c1Oc1nccc2ccccc12. The van der Waals surface area contributed by atoms with Gasteiger partial charge in [0.25, 0.3) is 0 Å². The fraction of sp³-hybridized carbons (Fsp3) is 0. The third-order valence-corrected chi connectivity index (χ3v) is 2.83. The molecule has 0 fully saturated rings. The fourth-order valence-corrected chi connectivity index (χ4v) is 1.90. The molecule has 3 nitrogen and oxygen atoms in total. The third kappa shape index (κ3) is 2.08. The summed E-state index contributed by atoms with van der Waals surface area (Å²) in [7, 11) is 0. The van der Waals surface area contributed by atoms with Crippen LogP contribution in [-0.2, 0) is 0 Å². The van der Waals surface area contributed by atoms with Gasteiger partial charge in [-0.2, -0.15) is 0 Å². The zero-order valence-electron chi connectivity index (χ0n) is 10.0. The van der Waals surface area contributed by atoms with Gasteiger partial charge in [0, 0.05) is 11.6 Å². The van der Waals surface area contributed by atoms with E-state index in [2.05, 4.69) is 4.98 Å². The van der Waals surface area contributed by atoms with Crippen molar-refractivity contribution in [2.24, 2.45) is 0 Å². The standard InChI is InChI=1S/C15H11FN2O/c16-12-6-3-7-13(17)14(12)19-15-11-5-2-1-4-10(11)8-9-18-15/h1-9H,17H2. The Morgan fingerprint density at radius 3 is 2.68 bits per heavy atom. The highest BCUT2D eigenvalue weighted by atomic mass is 19.1. The van der Waals surface area contributed by atoms with Crippen molar-refractivity contribution in [2.75, 3.05) is 5.73 Å². The lowest BCUT2D eigenvalue weighted by Crippen LogP contribution is -1.96. The van der Waals surface area contributed by atoms with Gasteiger partial charge in [0.1, 0.15) is 0 Å². The van der Waals surface area contributed by atoms with Gasteiger partial charge < -0.3 is 10.5 Å². The highest BCUT2D eigenvalue weighted by Crippen LogP contribution is 2.32. The number of nitrogens with zero attached hydrogens (tertiary/aromatic N) is 1. The highest BCUT2D eigenvalue weighted by molar-refractivity contribution is 5.86. The number of halogens is 1. The lowest BCUT2D eigenvalue weighted by molar-refractivity contribution is 0.435. The maximum Gasteiger partial charge on any atom is 0.227 e. The second-order valence-corrected chi connectivity index (χ2v) is 4.10. The van der Waals surface area contributed by atoms with Gasteiger partial charge in [0.15, 0.2) is 11.6 Å². The number of hydrogen-bond donors (Lipinski definition) is 1. The van der Waals surface area contributed by atoms with Gasteiger partial charge in [-0.3, -0.25) is 0 Å². The van der Waals surface area contributed by atoms with Gasteiger partial charge in [-0.1, -0.05) is 24.3 Å². The van der Waals surface area contributed by atoms with Crippen molar-refractivity contribution in [1.82, 2.24) is 4.98 Å². The minimum Gasteiger partial charge on any atom is -0.433 e. The first-order valence-electron chi connectivity index (χ1n) is 5.81. The summed E-state index contributed by atoms with van der Waals surface area (Å²) in [5.74, 6) is -0.156. The van der Waals surface area contributed by atoms with E-state index in [1.54, 1.807) is 12.3 Å². The number of benzene rings is 2.